The maximum absolute atomic E-state index is 5.81. The fraction of sp³-hybridized carbons (Fsp3) is 0.200. The van der Waals surface area contributed by atoms with Crippen molar-refractivity contribution in [2.75, 3.05) is 7.05 Å². The molecule has 0 radical (unpaired) electrons. The smallest absolute Gasteiger partial charge is 0.0785 e. The van der Waals surface area contributed by atoms with E-state index in [1.807, 2.05) is 6.92 Å². The number of nitrogens with one attached hydrogen (secondary N) is 2. The first kappa shape index (κ1) is 11.4. The molecule has 0 bridgehead atoms. The quantitative estimate of drug-likeness (QED) is 0.556. The van der Waals surface area contributed by atoms with Crippen LogP contribution < -0.4 is 16.4 Å². The van der Waals surface area contributed by atoms with E-state index in [0.717, 1.165) is 11.3 Å². The lowest BCUT2D eigenvalue weighted by molar-refractivity contribution is 0.941. The summed E-state index contributed by atoms with van der Waals surface area (Å²) in [6.45, 7) is 12.9. The van der Waals surface area contributed by atoms with Gasteiger partial charge >= 0.3 is 0 Å². The molecule has 0 aliphatic heterocycles. The van der Waals surface area contributed by atoms with E-state index in [0.29, 0.717) is 11.4 Å². The van der Waals surface area contributed by atoms with Gasteiger partial charge in [0.2, 0.25) is 0 Å². The van der Waals surface area contributed by atoms with E-state index in [1.54, 1.807) is 7.05 Å². The summed E-state index contributed by atoms with van der Waals surface area (Å²) in [6, 6.07) is 0. The van der Waals surface area contributed by atoms with Gasteiger partial charge in [0.25, 0.3) is 0 Å². The first-order chi connectivity index (χ1) is 6.04. The van der Waals surface area contributed by atoms with Crippen LogP contribution >= 0.6 is 0 Å². The van der Waals surface area contributed by atoms with Crippen molar-refractivity contribution in [1.29, 1.82) is 0 Å². The normalized spacial score (nSPS) is 11.2. The zero-order valence-corrected chi connectivity index (χ0v) is 8.28. The highest BCUT2D eigenvalue weighted by molar-refractivity contribution is 5.38. The summed E-state index contributed by atoms with van der Waals surface area (Å²) in [5.74, 6) is 0. The van der Waals surface area contributed by atoms with E-state index in [9.17, 15) is 0 Å². The molecule has 0 amide bonds. The molecule has 72 valence electrons. The third kappa shape index (κ3) is 3.07. The van der Waals surface area contributed by atoms with Crippen molar-refractivity contribution in [3.8, 4) is 0 Å². The van der Waals surface area contributed by atoms with E-state index >= 15 is 0 Å². The van der Waals surface area contributed by atoms with E-state index in [2.05, 4.69) is 30.4 Å². The first-order valence-electron chi connectivity index (χ1n) is 3.94. The Morgan fingerprint density at radius 2 is 1.92 bits per heavy atom. The molecule has 0 unspecified atom stereocenters. The van der Waals surface area contributed by atoms with E-state index in [4.69, 9.17) is 5.73 Å². The van der Waals surface area contributed by atoms with E-state index in [-0.39, 0.29) is 0 Å². The van der Waals surface area contributed by atoms with Gasteiger partial charge in [-0.05, 0) is 18.7 Å². The molecule has 0 aromatic heterocycles. The Kier molecular flexibility index (Phi) is 4.44. The summed E-state index contributed by atoms with van der Waals surface area (Å²) in [5.41, 5.74) is 8.63. The number of hydrogen-bond donors (Lipinski definition) is 3. The maximum Gasteiger partial charge on any atom is 0.0785 e. The van der Waals surface area contributed by atoms with Crippen LogP contribution in [-0.2, 0) is 0 Å². The molecule has 0 aliphatic carbocycles. The Balaban J connectivity index is 4.84. The van der Waals surface area contributed by atoms with Crippen LogP contribution in [0.15, 0.2) is 48.6 Å². The van der Waals surface area contributed by atoms with Crippen LogP contribution in [0.2, 0.25) is 0 Å². The van der Waals surface area contributed by atoms with Crippen molar-refractivity contribution in [3.63, 3.8) is 0 Å². The lowest BCUT2D eigenvalue weighted by Crippen LogP contribution is -2.20. The second kappa shape index (κ2) is 5.09. The maximum atomic E-state index is 5.81. The Morgan fingerprint density at radius 3 is 2.23 bits per heavy atom. The predicted octanol–water partition coefficient (Wildman–Crippen LogP) is 1.20. The van der Waals surface area contributed by atoms with Crippen LogP contribution in [0.25, 0.3) is 0 Å². The lowest BCUT2D eigenvalue weighted by atomic mass is 10.2. The van der Waals surface area contributed by atoms with Gasteiger partial charge in [-0.1, -0.05) is 19.7 Å². The fourth-order valence-corrected chi connectivity index (χ4v) is 0.930. The Labute approximate surface area is 79.7 Å². The molecule has 0 atom stereocenters. The highest BCUT2D eigenvalue weighted by Gasteiger charge is 2.04. The van der Waals surface area contributed by atoms with Crippen molar-refractivity contribution >= 4 is 0 Å². The molecule has 0 heterocycles. The first-order valence-corrected chi connectivity index (χ1v) is 3.94. The highest BCUT2D eigenvalue weighted by atomic mass is 14.9. The van der Waals surface area contributed by atoms with Crippen molar-refractivity contribution in [2.45, 2.75) is 6.92 Å². The molecular weight excluding hydrogens is 162 g/mol. The SMILES string of the molecule is C=CNC(=C)/C(N)=C(\NC)C(=C)C. The summed E-state index contributed by atoms with van der Waals surface area (Å²) in [4.78, 5) is 0. The molecular formula is C10H17N3. The number of likely N-dealkylation sites (N-methyl/N-ethyl adjacent to an activating group) is 1. The largest absolute Gasteiger partial charge is 0.395 e. The second-order valence-corrected chi connectivity index (χ2v) is 2.65. The van der Waals surface area contributed by atoms with Gasteiger partial charge in [-0.2, -0.15) is 0 Å². The summed E-state index contributed by atoms with van der Waals surface area (Å²) < 4.78 is 0. The van der Waals surface area contributed by atoms with Crippen LogP contribution in [0.3, 0.4) is 0 Å². The summed E-state index contributed by atoms with van der Waals surface area (Å²) in [7, 11) is 1.79. The van der Waals surface area contributed by atoms with E-state index < -0.39 is 0 Å². The molecule has 13 heavy (non-hydrogen) atoms. The molecule has 0 spiro atoms. The van der Waals surface area contributed by atoms with E-state index in [1.165, 1.54) is 6.20 Å². The van der Waals surface area contributed by atoms with Gasteiger partial charge < -0.3 is 16.4 Å². The molecule has 0 aliphatic rings. The second-order valence-electron chi connectivity index (χ2n) is 2.65. The molecule has 0 saturated carbocycles. The fourth-order valence-electron chi connectivity index (χ4n) is 0.930. The number of nitrogens with two attached hydrogens (primary N) is 1. The highest BCUT2D eigenvalue weighted by Crippen LogP contribution is 2.09. The van der Waals surface area contributed by atoms with Crippen molar-refractivity contribution in [3.05, 3.63) is 48.6 Å². The minimum Gasteiger partial charge on any atom is -0.395 e. The van der Waals surface area contributed by atoms with Crippen LogP contribution in [0, 0.1) is 0 Å². The lowest BCUT2D eigenvalue weighted by Gasteiger charge is -2.13. The van der Waals surface area contributed by atoms with Gasteiger partial charge in [0.1, 0.15) is 0 Å². The Morgan fingerprint density at radius 1 is 1.38 bits per heavy atom. The van der Waals surface area contributed by atoms with Gasteiger partial charge in [0, 0.05) is 7.05 Å². The molecule has 0 fully saturated rings. The Bertz CT molecular complexity index is 261. The molecule has 0 saturated heterocycles. The monoisotopic (exact) mass is 179 g/mol. The van der Waals surface area contributed by atoms with Crippen LogP contribution in [0.4, 0.5) is 0 Å². The van der Waals surface area contributed by atoms with Gasteiger partial charge in [-0.15, -0.1) is 0 Å². The third-order valence-electron chi connectivity index (χ3n) is 1.55. The minimum atomic E-state index is 0.551. The van der Waals surface area contributed by atoms with Gasteiger partial charge in [-0.25, -0.2) is 0 Å². The molecule has 0 rings (SSSR count). The summed E-state index contributed by atoms with van der Waals surface area (Å²) in [5, 5.41) is 5.78. The number of rotatable bonds is 5. The molecule has 3 heteroatoms. The topological polar surface area (TPSA) is 50.1 Å². The molecule has 4 N–H and O–H groups in total. The summed E-state index contributed by atoms with van der Waals surface area (Å²) in [6.07, 6.45) is 1.53. The average Bonchev–Trinajstić information content (AvgIpc) is 2.05. The molecule has 0 aromatic carbocycles. The standard InChI is InChI=1S/C10H17N3/c1-6-13-8(4)9(11)10(12-5)7(2)3/h6,12-13H,1-2,4,11H2,3,5H3/b10-9+. The number of allylic oxidation sites excluding steroid dienone is 1. The van der Waals surface area contributed by atoms with Gasteiger partial charge in [0.05, 0.1) is 17.1 Å². The zero-order chi connectivity index (χ0) is 10.4. The van der Waals surface area contributed by atoms with Crippen LogP contribution in [0.5, 0.6) is 0 Å². The van der Waals surface area contributed by atoms with Gasteiger partial charge in [0.15, 0.2) is 0 Å². The van der Waals surface area contributed by atoms with Crippen molar-refractivity contribution < 1.29 is 0 Å². The Hall–Kier alpha value is -1.64. The van der Waals surface area contributed by atoms with Crippen molar-refractivity contribution in [2.24, 2.45) is 5.73 Å². The van der Waals surface area contributed by atoms with Crippen LogP contribution in [-0.4, -0.2) is 7.05 Å². The average molecular weight is 179 g/mol. The van der Waals surface area contributed by atoms with Crippen LogP contribution in [0.1, 0.15) is 6.92 Å². The zero-order valence-electron chi connectivity index (χ0n) is 8.28. The van der Waals surface area contributed by atoms with Crippen molar-refractivity contribution in [1.82, 2.24) is 10.6 Å². The minimum absolute atomic E-state index is 0.551. The predicted molar refractivity (Wildman–Crippen MR) is 57.6 cm³/mol. The molecule has 0 aromatic rings. The number of hydrogen-bond acceptors (Lipinski definition) is 3. The third-order valence-corrected chi connectivity index (χ3v) is 1.55. The summed E-state index contributed by atoms with van der Waals surface area (Å²) >= 11 is 0. The van der Waals surface area contributed by atoms with Gasteiger partial charge in [-0.3, -0.25) is 0 Å². The molecule has 3 nitrogen and oxygen atoms in total.